The van der Waals surface area contributed by atoms with Gasteiger partial charge in [0.2, 0.25) is 0 Å². The maximum Gasteiger partial charge on any atom is 0.414 e. The molecule has 0 saturated heterocycles. The van der Waals surface area contributed by atoms with Gasteiger partial charge < -0.3 is 30.6 Å². The summed E-state index contributed by atoms with van der Waals surface area (Å²) >= 11 is 0. The zero-order valence-corrected chi connectivity index (χ0v) is 12.8. The molecule has 0 rings (SSSR count). The summed E-state index contributed by atoms with van der Waals surface area (Å²) in [5.74, 6) is -10.9. The Hall–Kier alpha value is -0.635. The molecule has 0 heterocycles. The minimum absolute atomic E-state index is 0. The molecular weight excluding hydrogens is 589 g/mol. The zero-order valence-electron chi connectivity index (χ0n) is 8.77. The molecule has 0 aliphatic carbocycles. The van der Waals surface area contributed by atoms with Gasteiger partial charge in [-0.15, -0.1) is 0 Å². The average Bonchev–Trinajstić information content (AvgIpc) is 2.18. The van der Waals surface area contributed by atoms with Crippen LogP contribution in [0.5, 0.6) is 0 Å². The monoisotopic (exact) mass is 598 g/mol. The molecule has 0 fully saturated rings. The van der Waals surface area contributed by atoms with Crippen LogP contribution in [0.4, 0.5) is 0 Å². The summed E-state index contributed by atoms with van der Waals surface area (Å²) in [4.78, 5) is 54.6. The summed E-state index contributed by atoms with van der Waals surface area (Å²) in [5, 5.41) is 44.3. The van der Waals surface area contributed by atoms with E-state index in [0.717, 1.165) is 0 Å². The third-order valence-electron chi connectivity index (χ3n) is 0.549. The molecule has 14 heteroatoms. The van der Waals surface area contributed by atoms with Gasteiger partial charge in [-0.2, -0.15) is 0 Å². The number of carbonyl (C=O) groups is 6. The molecule has 0 atom stereocenters. The molecule has 0 spiro atoms. The molecular formula is C6H6Dy2O12. The number of rotatable bonds is 0. The maximum atomic E-state index is 9.10. The summed E-state index contributed by atoms with van der Waals surface area (Å²) in [7, 11) is 0. The minimum Gasteiger partial charge on any atom is -0.473 e. The van der Waals surface area contributed by atoms with E-state index in [1.165, 1.54) is 0 Å². The van der Waals surface area contributed by atoms with Crippen LogP contribution in [-0.4, -0.2) is 66.5 Å². The Labute approximate surface area is 169 Å². The number of hydrogen-bond acceptors (Lipinski definition) is 6. The molecule has 0 saturated carbocycles. The van der Waals surface area contributed by atoms with E-state index in [-0.39, 0.29) is 76.3 Å². The fourth-order valence-corrected chi connectivity index (χ4v) is 0. The summed E-state index contributed by atoms with van der Waals surface area (Å²) in [6, 6.07) is 0. The van der Waals surface area contributed by atoms with Crippen LogP contribution in [0, 0.1) is 76.3 Å². The predicted octanol–water partition coefficient (Wildman–Crippen LogP) is -2.53. The van der Waals surface area contributed by atoms with Crippen LogP contribution < -0.4 is 0 Å². The van der Waals surface area contributed by atoms with Gasteiger partial charge >= 0.3 is 35.8 Å². The fraction of sp³-hybridized carbons (Fsp3) is 0. The zero-order chi connectivity index (χ0) is 15.5. The smallest absolute Gasteiger partial charge is 0.414 e. The van der Waals surface area contributed by atoms with E-state index in [4.69, 9.17) is 59.4 Å². The third-order valence-corrected chi connectivity index (χ3v) is 0.549. The Bertz CT molecular complexity index is 281. The summed E-state index contributed by atoms with van der Waals surface area (Å²) in [6.45, 7) is 0. The van der Waals surface area contributed by atoms with E-state index in [0.29, 0.717) is 0 Å². The number of hydrogen-bond donors (Lipinski definition) is 6. The molecule has 0 radical (unpaired) electrons. The second kappa shape index (κ2) is 18.4. The topological polar surface area (TPSA) is 224 Å². The molecule has 0 unspecified atom stereocenters. The van der Waals surface area contributed by atoms with Gasteiger partial charge in [0.1, 0.15) is 0 Å². The first kappa shape index (κ1) is 31.7. The van der Waals surface area contributed by atoms with Crippen molar-refractivity contribution in [2.75, 3.05) is 0 Å². The number of carboxylic acid groups (broad SMARTS) is 6. The first-order valence-electron chi connectivity index (χ1n) is 3.32. The Kier molecular flexibility index (Phi) is 29.1. The molecule has 0 aromatic carbocycles. The largest absolute Gasteiger partial charge is 0.473 e. The second-order valence-corrected chi connectivity index (χ2v) is 1.83. The normalized spacial score (nSPS) is 6.60. The van der Waals surface area contributed by atoms with Crippen molar-refractivity contribution >= 4 is 35.8 Å². The average molecular weight is 595 g/mol. The molecule has 20 heavy (non-hydrogen) atoms. The molecule has 0 bridgehead atoms. The Morgan fingerprint density at radius 2 is 0.400 bits per heavy atom. The molecule has 0 aromatic heterocycles. The van der Waals surface area contributed by atoms with Crippen molar-refractivity contribution in [2.24, 2.45) is 0 Å². The van der Waals surface area contributed by atoms with Crippen molar-refractivity contribution in [3.05, 3.63) is 0 Å². The van der Waals surface area contributed by atoms with Gasteiger partial charge in [0.25, 0.3) is 0 Å². The van der Waals surface area contributed by atoms with Gasteiger partial charge in [-0.3, -0.25) is 0 Å². The first-order chi connectivity index (χ1) is 7.93. The van der Waals surface area contributed by atoms with Gasteiger partial charge in [0.15, 0.2) is 0 Å². The molecule has 0 amide bonds. The van der Waals surface area contributed by atoms with E-state index in [9.17, 15) is 0 Å². The Morgan fingerprint density at radius 3 is 0.400 bits per heavy atom. The predicted molar refractivity (Wildman–Crippen MR) is 45.8 cm³/mol. The molecule has 12 nitrogen and oxygen atoms in total. The van der Waals surface area contributed by atoms with Crippen molar-refractivity contribution in [3.63, 3.8) is 0 Å². The molecule has 0 aromatic rings. The summed E-state index contributed by atoms with van der Waals surface area (Å²) < 4.78 is 0. The van der Waals surface area contributed by atoms with Crippen molar-refractivity contribution in [3.8, 4) is 0 Å². The summed E-state index contributed by atoms with van der Waals surface area (Å²) in [6.07, 6.45) is 0. The van der Waals surface area contributed by atoms with E-state index < -0.39 is 35.8 Å². The molecule has 6 N–H and O–H groups in total. The van der Waals surface area contributed by atoms with E-state index in [1.807, 2.05) is 0 Å². The van der Waals surface area contributed by atoms with Gasteiger partial charge in [-0.25, -0.2) is 28.8 Å². The number of aliphatic carboxylic acids is 6. The van der Waals surface area contributed by atoms with Crippen LogP contribution in [-0.2, 0) is 28.8 Å². The quantitative estimate of drug-likeness (QED) is 0.160. The molecule has 122 valence electrons. The first-order valence-corrected chi connectivity index (χ1v) is 3.32. The van der Waals surface area contributed by atoms with Gasteiger partial charge in [0, 0.05) is 76.3 Å². The molecule has 0 aliphatic heterocycles. The van der Waals surface area contributed by atoms with E-state index >= 15 is 0 Å². The maximum absolute atomic E-state index is 9.10. The van der Waals surface area contributed by atoms with Crippen LogP contribution in [0.1, 0.15) is 0 Å². The van der Waals surface area contributed by atoms with Gasteiger partial charge in [-0.1, -0.05) is 0 Å². The summed E-state index contributed by atoms with van der Waals surface area (Å²) in [5.41, 5.74) is 0. The SMILES string of the molecule is O=C(O)C(=O)O.O=C(O)C(=O)O.O=C(O)C(=O)O.[Dy].[Dy]. The minimum atomic E-state index is -1.82. The van der Waals surface area contributed by atoms with E-state index in [2.05, 4.69) is 0 Å². The van der Waals surface area contributed by atoms with Crippen molar-refractivity contribution < 1.29 is 136 Å². The van der Waals surface area contributed by atoms with Crippen LogP contribution in [0.15, 0.2) is 0 Å². The van der Waals surface area contributed by atoms with Crippen LogP contribution in [0.25, 0.3) is 0 Å². The van der Waals surface area contributed by atoms with Crippen LogP contribution in [0.3, 0.4) is 0 Å². The van der Waals surface area contributed by atoms with Gasteiger partial charge in [0.05, 0.1) is 0 Å². The van der Waals surface area contributed by atoms with Crippen molar-refractivity contribution in [1.29, 1.82) is 0 Å². The second-order valence-electron chi connectivity index (χ2n) is 1.83. The van der Waals surface area contributed by atoms with Crippen molar-refractivity contribution in [1.82, 2.24) is 0 Å². The molecule has 0 aliphatic rings. The Balaban J connectivity index is -0.0000000536. The van der Waals surface area contributed by atoms with Gasteiger partial charge in [-0.05, 0) is 0 Å². The fourth-order valence-electron chi connectivity index (χ4n) is 0. The number of carboxylic acids is 6. The van der Waals surface area contributed by atoms with E-state index in [1.54, 1.807) is 0 Å². The third kappa shape index (κ3) is 36.0. The van der Waals surface area contributed by atoms with Crippen molar-refractivity contribution in [2.45, 2.75) is 0 Å². The Morgan fingerprint density at radius 1 is 0.350 bits per heavy atom. The van der Waals surface area contributed by atoms with Crippen LogP contribution >= 0.6 is 0 Å². The van der Waals surface area contributed by atoms with Crippen LogP contribution in [0.2, 0.25) is 0 Å². The standard InChI is InChI=1S/3C2H2O4.2Dy/c3*3-1(4)2(5)6;;/h3*(H,3,4)(H,5,6);;.